The molecule has 1 aromatic heterocycles. The normalized spacial score (nSPS) is 9.43. The lowest BCUT2D eigenvalue weighted by Gasteiger charge is -2.02. The molecule has 0 aliphatic carbocycles. The quantitative estimate of drug-likeness (QED) is 0.610. The molecule has 0 spiro atoms. The van der Waals surface area contributed by atoms with Gasteiger partial charge in [0, 0.05) is 0 Å². The number of nitrogens with zero attached hydrogens (tertiary/aromatic N) is 1. The lowest BCUT2D eigenvalue weighted by Crippen LogP contribution is -2.22. The molecule has 74 valence electrons. The van der Waals surface area contributed by atoms with Gasteiger partial charge in [-0.1, -0.05) is 6.07 Å². The molecule has 0 bridgehead atoms. The SMILES string of the molecule is NC(=O)CNc1cccc(C(=O)O)n1. The maximum absolute atomic E-state index is 10.5. The number of aromatic nitrogens is 1. The molecule has 0 fully saturated rings. The topological polar surface area (TPSA) is 105 Å². The average molecular weight is 195 g/mol. The van der Waals surface area contributed by atoms with Gasteiger partial charge in [0.25, 0.3) is 0 Å². The fraction of sp³-hybridized carbons (Fsp3) is 0.125. The van der Waals surface area contributed by atoms with Gasteiger partial charge in [-0.2, -0.15) is 0 Å². The molecule has 0 radical (unpaired) electrons. The van der Waals surface area contributed by atoms with Gasteiger partial charge in [-0.05, 0) is 12.1 Å². The van der Waals surface area contributed by atoms with E-state index in [1.165, 1.54) is 12.1 Å². The van der Waals surface area contributed by atoms with E-state index in [1.807, 2.05) is 0 Å². The molecule has 0 saturated heterocycles. The minimum Gasteiger partial charge on any atom is -0.477 e. The van der Waals surface area contributed by atoms with Gasteiger partial charge in [-0.25, -0.2) is 9.78 Å². The second kappa shape index (κ2) is 4.22. The summed E-state index contributed by atoms with van der Waals surface area (Å²) < 4.78 is 0. The molecule has 0 aromatic carbocycles. The van der Waals surface area contributed by atoms with Gasteiger partial charge in [-0.3, -0.25) is 4.79 Å². The monoisotopic (exact) mass is 195 g/mol. The number of aromatic carboxylic acids is 1. The predicted octanol–water partition coefficient (Wildman–Crippen LogP) is -0.323. The Balaban J connectivity index is 2.73. The van der Waals surface area contributed by atoms with Crippen molar-refractivity contribution in [3.63, 3.8) is 0 Å². The number of pyridine rings is 1. The number of carbonyl (C=O) groups is 2. The van der Waals surface area contributed by atoms with E-state index in [-0.39, 0.29) is 12.2 Å². The van der Waals surface area contributed by atoms with Crippen LogP contribution in [0.15, 0.2) is 18.2 Å². The van der Waals surface area contributed by atoms with Crippen LogP contribution in [0.5, 0.6) is 0 Å². The Bertz CT molecular complexity index is 365. The van der Waals surface area contributed by atoms with E-state index in [2.05, 4.69) is 10.3 Å². The molecule has 0 aliphatic rings. The number of hydrogen-bond acceptors (Lipinski definition) is 4. The van der Waals surface area contributed by atoms with Gasteiger partial charge in [0.1, 0.15) is 5.82 Å². The number of nitrogens with one attached hydrogen (secondary N) is 1. The van der Waals surface area contributed by atoms with E-state index in [4.69, 9.17) is 10.8 Å². The number of nitrogens with two attached hydrogens (primary N) is 1. The zero-order chi connectivity index (χ0) is 10.6. The van der Waals surface area contributed by atoms with E-state index < -0.39 is 11.9 Å². The molecular formula is C8H9N3O3. The fourth-order valence-electron chi connectivity index (χ4n) is 0.830. The number of carbonyl (C=O) groups excluding carboxylic acids is 1. The van der Waals surface area contributed by atoms with Crippen molar-refractivity contribution in [2.45, 2.75) is 0 Å². The van der Waals surface area contributed by atoms with Crippen molar-refractivity contribution in [1.82, 2.24) is 4.98 Å². The van der Waals surface area contributed by atoms with Crippen LogP contribution in [-0.2, 0) is 4.79 Å². The van der Waals surface area contributed by atoms with E-state index in [1.54, 1.807) is 6.07 Å². The van der Waals surface area contributed by atoms with Crippen molar-refractivity contribution in [3.05, 3.63) is 23.9 Å². The Labute approximate surface area is 79.8 Å². The number of anilines is 1. The number of carboxylic acids is 1. The molecule has 6 heteroatoms. The Hall–Kier alpha value is -2.11. The van der Waals surface area contributed by atoms with Crippen LogP contribution in [0.3, 0.4) is 0 Å². The van der Waals surface area contributed by atoms with Gasteiger partial charge in [0.15, 0.2) is 5.69 Å². The van der Waals surface area contributed by atoms with Crippen LogP contribution in [-0.4, -0.2) is 28.5 Å². The molecule has 6 nitrogen and oxygen atoms in total. The minimum atomic E-state index is -1.12. The Morgan fingerprint density at radius 1 is 1.50 bits per heavy atom. The third kappa shape index (κ3) is 2.74. The highest BCUT2D eigenvalue weighted by molar-refractivity contribution is 5.86. The maximum atomic E-state index is 10.5. The molecule has 0 atom stereocenters. The molecule has 0 unspecified atom stereocenters. The molecule has 1 amide bonds. The van der Waals surface area contributed by atoms with Crippen LogP contribution in [0.4, 0.5) is 5.82 Å². The van der Waals surface area contributed by atoms with Crippen molar-refractivity contribution in [1.29, 1.82) is 0 Å². The van der Waals surface area contributed by atoms with Crippen molar-refractivity contribution >= 4 is 17.7 Å². The van der Waals surface area contributed by atoms with Crippen LogP contribution in [0, 0.1) is 0 Å². The molecule has 1 heterocycles. The summed E-state index contributed by atoms with van der Waals surface area (Å²) >= 11 is 0. The summed E-state index contributed by atoms with van der Waals surface area (Å²) in [4.78, 5) is 24.6. The molecule has 1 aromatic rings. The van der Waals surface area contributed by atoms with E-state index in [9.17, 15) is 9.59 Å². The Morgan fingerprint density at radius 3 is 2.79 bits per heavy atom. The Morgan fingerprint density at radius 2 is 2.21 bits per heavy atom. The van der Waals surface area contributed by atoms with Crippen LogP contribution in [0.1, 0.15) is 10.5 Å². The number of hydrogen-bond donors (Lipinski definition) is 3. The number of primary amides is 1. The van der Waals surface area contributed by atoms with Crippen LogP contribution in [0.2, 0.25) is 0 Å². The zero-order valence-corrected chi connectivity index (χ0v) is 7.23. The highest BCUT2D eigenvalue weighted by atomic mass is 16.4. The molecule has 0 saturated carbocycles. The second-order valence-corrected chi connectivity index (χ2v) is 2.53. The van der Waals surface area contributed by atoms with E-state index in [0.29, 0.717) is 5.82 Å². The molecule has 1 rings (SSSR count). The lowest BCUT2D eigenvalue weighted by molar-refractivity contribution is -0.116. The molecule has 4 N–H and O–H groups in total. The number of amides is 1. The third-order valence-electron chi connectivity index (χ3n) is 1.41. The number of carboxylic acid groups (broad SMARTS) is 1. The maximum Gasteiger partial charge on any atom is 0.354 e. The lowest BCUT2D eigenvalue weighted by atomic mass is 10.3. The van der Waals surface area contributed by atoms with E-state index >= 15 is 0 Å². The van der Waals surface area contributed by atoms with Gasteiger partial charge in [0.2, 0.25) is 5.91 Å². The predicted molar refractivity (Wildman–Crippen MR) is 48.9 cm³/mol. The fourth-order valence-corrected chi connectivity index (χ4v) is 0.830. The summed E-state index contributed by atoms with van der Waals surface area (Å²) in [7, 11) is 0. The summed E-state index contributed by atoms with van der Waals surface area (Å²) in [5.41, 5.74) is 4.81. The molecular weight excluding hydrogens is 186 g/mol. The number of rotatable bonds is 4. The van der Waals surface area contributed by atoms with Crippen LogP contribution in [0.25, 0.3) is 0 Å². The zero-order valence-electron chi connectivity index (χ0n) is 7.23. The second-order valence-electron chi connectivity index (χ2n) is 2.53. The largest absolute Gasteiger partial charge is 0.477 e. The summed E-state index contributed by atoms with van der Waals surface area (Å²) in [6.07, 6.45) is 0. The van der Waals surface area contributed by atoms with Crippen molar-refractivity contribution in [2.75, 3.05) is 11.9 Å². The van der Waals surface area contributed by atoms with Crippen molar-refractivity contribution in [3.8, 4) is 0 Å². The first-order chi connectivity index (χ1) is 6.59. The summed E-state index contributed by atoms with van der Waals surface area (Å²) in [5, 5.41) is 11.2. The minimum absolute atomic E-state index is 0.0733. The van der Waals surface area contributed by atoms with Gasteiger partial charge >= 0.3 is 5.97 Å². The highest BCUT2D eigenvalue weighted by Crippen LogP contribution is 2.03. The molecule has 0 aliphatic heterocycles. The van der Waals surface area contributed by atoms with Crippen LogP contribution < -0.4 is 11.1 Å². The third-order valence-corrected chi connectivity index (χ3v) is 1.41. The molecule has 14 heavy (non-hydrogen) atoms. The van der Waals surface area contributed by atoms with Gasteiger partial charge in [-0.15, -0.1) is 0 Å². The first-order valence-electron chi connectivity index (χ1n) is 3.82. The average Bonchev–Trinajstić information content (AvgIpc) is 2.15. The summed E-state index contributed by atoms with van der Waals surface area (Å²) in [5.74, 6) is -1.34. The van der Waals surface area contributed by atoms with Crippen molar-refractivity contribution in [2.24, 2.45) is 5.73 Å². The Kier molecular flexibility index (Phi) is 3.01. The first kappa shape index (κ1) is 9.97. The van der Waals surface area contributed by atoms with E-state index in [0.717, 1.165) is 0 Å². The summed E-state index contributed by atoms with van der Waals surface area (Å²) in [6, 6.07) is 4.44. The van der Waals surface area contributed by atoms with Gasteiger partial charge in [0.05, 0.1) is 6.54 Å². The van der Waals surface area contributed by atoms with Gasteiger partial charge < -0.3 is 16.2 Å². The smallest absolute Gasteiger partial charge is 0.354 e. The van der Waals surface area contributed by atoms with Crippen LogP contribution >= 0.6 is 0 Å². The van der Waals surface area contributed by atoms with Crippen molar-refractivity contribution < 1.29 is 14.7 Å². The highest BCUT2D eigenvalue weighted by Gasteiger charge is 2.04. The first-order valence-corrected chi connectivity index (χ1v) is 3.82. The summed E-state index contributed by atoms with van der Waals surface area (Å²) in [6.45, 7) is -0.0733. The standard InChI is InChI=1S/C8H9N3O3/c9-6(12)4-10-7-3-1-2-5(11-7)8(13)14/h1-3H,4H2,(H2,9,12)(H,10,11)(H,13,14).